The van der Waals surface area contributed by atoms with Crippen molar-refractivity contribution >= 4 is 5.91 Å². The molecule has 0 bridgehead atoms. The number of alkyl halides is 3. The summed E-state index contributed by atoms with van der Waals surface area (Å²) in [6.07, 6.45) is -3.19. The maximum Gasteiger partial charge on any atom is 0.417 e. The van der Waals surface area contributed by atoms with E-state index >= 15 is 0 Å². The molecule has 0 aliphatic rings. The number of furan rings is 1. The third-order valence-electron chi connectivity index (χ3n) is 3.08. The molecule has 0 aliphatic heterocycles. The van der Waals surface area contributed by atoms with Crippen molar-refractivity contribution in [3.8, 4) is 11.7 Å². The molecular formula is C15H10F3N3O3. The van der Waals surface area contributed by atoms with E-state index in [2.05, 4.69) is 15.5 Å². The van der Waals surface area contributed by atoms with Crippen LogP contribution in [0.4, 0.5) is 13.2 Å². The van der Waals surface area contributed by atoms with Crippen LogP contribution < -0.4 is 5.32 Å². The van der Waals surface area contributed by atoms with E-state index in [0.717, 1.165) is 12.1 Å². The van der Waals surface area contributed by atoms with E-state index in [4.69, 9.17) is 8.94 Å². The van der Waals surface area contributed by atoms with Crippen molar-refractivity contribution in [2.24, 2.45) is 0 Å². The van der Waals surface area contributed by atoms with Gasteiger partial charge in [-0.1, -0.05) is 17.3 Å². The fraction of sp³-hybridized carbons (Fsp3) is 0.133. The van der Waals surface area contributed by atoms with Crippen LogP contribution in [0.2, 0.25) is 0 Å². The zero-order chi connectivity index (χ0) is 17.2. The van der Waals surface area contributed by atoms with Crippen molar-refractivity contribution in [2.45, 2.75) is 12.7 Å². The smallest absolute Gasteiger partial charge is 0.417 e. The molecule has 0 atom stereocenters. The second-order valence-electron chi connectivity index (χ2n) is 4.72. The molecule has 24 heavy (non-hydrogen) atoms. The van der Waals surface area contributed by atoms with Gasteiger partial charge in [-0.3, -0.25) is 4.79 Å². The normalized spacial score (nSPS) is 11.5. The zero-order valence-electron chi connectivity index (χ0n) is 12.0. The molecule has 3 rings (SSSR count). The topological polar surface area (TPSA) is 81.2 Å². The van der Waals surface area contributed by atoms with E-state index in [1.54, 1.807) is 12.1 Å². The molecule has 124 valence electrons. The number of hydrogen-bond donors (Lipinski definition) is 1. The maximum atomic E-state index is 12.9. The summed E-state index contributed by atoms with van der Waals surface area (Å²) < 4.78 is 48.7. The molecule has 2 heterocycles. The fourth-order valence-electron chi connectivity index (χ4n) is 2.01. The molecule has 0 saturated heterocycles. The summed E-state index contributed by atoms with van der Waals surface area (Å²) in [7, 11) is 0. The molecule has 1 amide bonds. The van der Waals surface area contributed by atoms with Crippen LogP contribution in [-0.4, -0.2) is 16.0 Å². The minimum Gasteiger partial charge on any atom is -0.459 e. The van der Waals surface area contributed by atoms with E-state index in [-0.39, 0.29) is 18.3 Å². The second-order valence-corrected chi connectivity index (χ2v) is 4.72. The molecule has 0 radical (unpaired) electrons. The lowest BCUT2D eigenvalue weighted by Crippen LogP contribution is -2.26. The molecule has 1 N–H and O–H groups in total. The number of aromatic nitrogens is 2. The van der Waals surface area contributed by atoms with E-state index in [1.807, 2.05) is 0 Å². The summed E-state index contributed by atoms with van der Waals surface area (Å²) in [6, 6.07) is 7.76. The highest BCUT2D eigenvalue weighted by Gasteiger charge is 2.34. The van der Waals surface area contributed by atoms with Crippen molar-refractivity contribution in [3.05, 3.63) is 59.6 Å². The molecule has 3 aromatic rings. The number of nitrogens with one attached hydrogen (secondary N) is 1. The number of halogens is 3. The van der Waals surface area contributed by atoms with E-state index in [1.165, 1.54) is 18.4 Å². The molecule has 0 spiro atoms. The lowest BCUT2D eigenvalue weighted by atomic mass is 10.1. The third kappa shape index (κ3) is 3.29. The molecule has 6 nitrogen and oxygen atoms in total. The van der Waals surface area contributed by atoms with Crippen LogP contribution >= 0.6 is 0 Å². The van der Waals surface area contributed by atoms with Gasteiger partial charge in [0.1, 0.15) is 0 Å². The fourth-order valence-corrected chi connectivity index (χ4v) is 2.01. The van der Waals surface area contributed by atoms with Gasteiger partial charge in [-0.25, -0.2) is 0 Å². The monoisotopic (exact) mass is 337 g/mol. The van der Waals surface area contributed by atoms with Gasteiger partial charge in [0.15, 0.2) is 11.6 Å². The molecule has 2 aromatic heterocycles. The Hall–Kier alpha value is -3.10. The largest absolute Gasteiger partial charge is 0.459 e. The van der Waals surface area contributed by atoms with Gasteiger partial charge in [0.2, 0.25) is 0 Å². The number of carbonyl (C=O) groups excluding carboxylic acids is 1. The Balaban J connectivity index is 1.71. The Morgan fingerprint density at radius 1 is 1.17 bits per heavy atom. The van der Waals surface area contributed by atoms with Crippen LogP contribution in [0.25, 0.3) is 11.7 Å². The van der Waals surface area contributed by atoms with E-state index in [9.17, 15) is 18.0 Å². The summed E-state index contributed by atoms with van der Waals surface area (Å²) in [5.74, 6) is -0.311. The van der Waals surface area contributed by atoms with Crippen molar-refractivity contribution in [3.63, 3.8) is 0 Å². The highest BCUT2D eigenvalue weighted by atomic mass is 19.4. The van der Waals surface area contributed by atoms with Gasteiger partial charge < -0.3 is 14.3 Å². The predicted octanol–water partition coefficient (Wildman–Crippen LogP) is 3.28. The van der Waals surface area contributed by atoms with Crippen molar-refractivity contribution in [2.75, 3.05) is 0 Å². The standard InChI is InChI=1S/C15H10F3N3O3/c16-15(17,18)10-5-2-1-4-9(10)13(22)19-8-12-20-14(24-21-12)11-6-3-7-23-11/h1-7H,8H2,(H,19,22). The van der Waals surface area contributed by atoms with Crippen molar-refractivity contribution in [1.29, 1.82) is 0 Å². The van der Waals surface area contributed by atoms with E-state index < -0.39 is 23.2 Å². The van der Waals surface area contributed by atoms with Gasteiger partial charge >= 0.3 is 6.18 Å². The SMILES string of the molecule is O=C(NCc1noc(-c2ccco2)n1)c1ccccc1C(F)(F)F. The molecule has 0 saturated carbocycles. The summed E-state index contributed by atoms with van der Waals surface area (Å²) in [4.78, 5) is 16.0. The van der Waals surface area contributed by atoms with Gasteiger partial charge in [0.05, 0.1) is 23.9 Å². The Morgan fingerprint density at radius 2 is 1.96 bits per heavy atom. The number of hydrogen-bond acceptors (Lipinski definition) is 5. The van der Waals surface area contributed by atoms with Crippen LogP contribution in [0, 0.1) is 0 Å². The summed E-state index contributed by atoms with van der Waals surface area (Å²) >= 11 is 0. The molecule has 1 aromatic carbocycles. The first-order valence-corrected chi connectivity index (χ1v) is 6.76. The summed E-state index contributed by atoms with van der Waals surface area (Å²) in [5.41, 5.74) is -1.48. The Kier molecular flexibility index (Phi) is 4.07. The first kappa shape index (κ1) is 15.8. The van der Waals surface area contributed by atoms with Crippen molar-refractivity contribution in [1.82, 2.24) is 15.5 Å². The number of amides is 1. The first-order valence-electron chi connectivity index (χ1n) is 6.76. The second kappa shape index (κ2) is 6.19. The molecule has 0 fully saturated rings. The van der Waals surface area contributed by atoms with Crippen LogP contribution in [-0.2, 0) is 12.7 Å². The molecule has 9 heteroatoms. The highest BCUT2D eigenvalue weighted by molar-refractivity contribution is 5.95. The average Bonchev–Trinajstić information content (AvgIpc) is 3.23. The predicted molar refractivity (Wildman–Crippen MR) is 74.6 cm³/mol. The van der Waals surface area contributed by atoms with Crippen LogP contribution in [0.5, 0.6) is 0 Å². The van der Waals surface area contributed by atoms with Gasteiger partial charge in [-0.15, -0.1) is 0 Å². The first-order chi connectivity index (χ1) is 11.4. The minimum absolute atomic E-state index is 0.110. The van der Waals surface area contributed by atoms with Crippen LogP contribution in [0.3, 0.4) is 0 Å². The highest BCUT2D eigenvalue weighted by Crippen LogP contribution is 2.31. The van der Waals surface area contributed by atoms with Gasteiger partial charge in [-0.05, 0) is 24.3 Å². The summed E-state index contributed by atoms with van der Waals surface area (Å²) in [6.45, 7) is -0.185. The van der Waals surface area contributed by atoms with Crippen molar-refractivity contribution < 1.29 is 26.9 Å². The van der Waals surface area contributed by atoms with E-state index in [0.29, 0.717) is 5.76 Å². The summed E-state index contributed by atoms with van der Waals surface area (Å²) in [5, 5.41) is 5.96. The zero-order valence-corrected chi connectivity index (χ0v) is 12.0. The molecule has 0 aliphatic carbocycles. The van der Waals surface area contributed by atoms with Gasteiger partial charge in [-0.2, -0.15) is 18.2 Å². The Morgan fingerprint density at radius 3 is 2.67 bits per heavy atom. The van der Waals surface area contributed by atoms with Gasteiger partial charge in [0, 0.05) is 0 Å². The average molecular weight is 337 g/mol. The number of benzene rings is 1. The Labute approximate surface area is 133 Å². The van der Waals surface area contributed by atoms with Crippen LogP contribution in [0.15, 0.2) is 51.6 Å². The number of rotatable bonds is 4. The minimum atomic E-state index is -4.62. The third-order valence-corrected chi connectivity index (χ3v) is 3.08. The van der Waals surface area contributed by atoms with Crippen LogP contribution in [0.1, 0.15) is 21.7 Å². The maximum absolute atomic E-state index is 12.9. The lowest BCUT2D eigenvalue weighted by Gasteiger charge is -2.11. The number of nitrogens with zero attached hydrogens (tertiary/aromatic N) is 2. The molecular weight excluding hydrogens is 327 g/mol. The number of carbonyl (C=O) groups is 1. The quantitative estimate of drug-likeness (QED) is 0.790. The Bertz CT molecular complexity index is 841. The lowest BCUT2D eigenvalue weighted by molar-refractivity contribution is -0.137. The van der Waals surface area contributed by atoms with Gasteiger partial charge in [0.25, 0.3) is 11.8 Å². The molecule has 0 unspecified atom stereocenters.